The molecule has 96 valence electrons. The lowest BCUT2D eigenvalue weighted by Gasteiger charge is -2.35. The summed E-state index contributed by atoms with van der Waals surface area (Å²) in [5, 5.41) is 3.67. The lowest BCUT2D eigenvalue weighted by molar-refractivity contribution is 0.0759. The number of ether oxygens (including phenoxy) is 1. The van der Waals surface area contributed by atoms with Crippen LogP contribution in [-0.4, -0.2) is 25.3 Å². The third kappa shape index (κ3) is 5.86. The van der Waals surface area contributed by atoms with Crippen LogP contribution in [-0.2, 0) is 4.74 Å². The fraction of sp³-hybridized carbons (Fsp3) is 1.00. The Bertz CT molecular complexity index is 189. The van der Waals surface area contributed by atoms with Crippen LogP contribution >= 0.6 is 0 Å². The first-order valence-electron chi connectivity index (χ1n) is 6.84. The molecule has 0 spiro atoms. The van der Waals surface area contributed by atoms with Gasteiger partial charge in [0.05, 0.1) is 6.10 Å². The van der Waals surface area contributed by atoms with E-state index in [1.165, 1.54) is 25.7 Å². The van der Waals surface area contributed by atoms with Gasteiger partial charge in [-0.25, -0.2) is 0 Å². The van der Waals surface area contributed by atoms with Crippen molar-refractivity contribution < 1.29 is 4.74 Å². The smallest absolute Gasteiger partial charge is 0.0518 e. The minimum atomic E-state index is 0.369. The van der Waals surface area contributed by atoms with Crippen molar-refractivity contribution in [3.05, 3.63) is 0 Å². The maximum Gasteiger partial charge on any atom is 0.0518 e. The Morgan fingerprint density at radius 1 is 1.38 bits per heavy atom. The number of rotatable bonds is 6. The molecule has 0 bridgehead atoms. The van der Waals surface area contributed by atoms with Crippen LogP contribution in [0.25, 0.3) is 0 Å². The monoisotopic (exact) mass is 227 g/mol. The van der Waals surface area contributed by atoms with E-state index in [1.54, 1.807) is 0 Å². The van der Waals surface area contributed by atoms with Crippen molar-refractivity contribution in [2.24, 2.45) is 5.41 Å². The zero-order chi connectivity index (χ0) is 12.0. The third-order valence-corrected chi connectivity index (χ3v) is 3.41. The van der Waals surface area contributed by atoms with E-state index in [1.807, 2.05) is 0 Å². The molecule has 1 rings (SSSR count). The number of hydrogen-bond donors (Lipinski definition) is 1. The molecule has 1 aliphatic rings. The molecule has 0 aliphatic heterocycles. The summed E-state index contributed by atoms with van der Waals surface area (Å²) in [4.78, 5) is 0. The highest BCUT2D eigenvalue weighted by molar-refractivity contribution is 4.83. The molecular formula is C14H29NO. The van der Waals surface area contributed by atoms with Gasteiger partial charge < -0.3 is 10.1 Å². The minimum Gasteiger partial charge on any atom is -0.379 e. The van der Waals surface area contributed by atoms with Gasteiger partial charge in [-0.15, -0.1) is 0 Å². The molecule has 2 nitrogen and oxygen atoms in total. The second-order valence-corrected chi connectivity index (χ2v) is 6.18. The van der Waals surface area contributed by atoms with Crippen LogP contribution in [0.2, 0.25) is 0 Å². The zero-order valence-corrected chi connectivity index (χ0v) is 11.5. The summed E-state index contributed by atoms with van der Waals surface area (Å²) in [6.45, 7) is 11.0. The highest BCUT2D eigenvalue weighted by Gasteiger charge is 2.27. The Morgan fingerprint density at radius 3 is 2.75 bits per heavy atom. The van der Waals surface area contributed by atoms with Gasteiger partial charge in [0.25, 0.3) is 0 Å². The van der Waals surface area contributed by atoms with Crippen molar-refractivity contribution in [2.75, 3.05) is 13.2 Å². The van der Waals surface area contributed by atoms with Gasteiger partial charge >= 0.3 is 0 Å². The van der Waals surface area contributed by atoms with Gasteiger partial charge in [0.15, 0.2) is 0 Å². The molecule has 0 radical (unpaired) electrons. The van der Waals surface area contributed by atoms with Gasteiger partial charge in [0.2, 0.25) is 0 Å². The van der Waals surface area contributed by atoms with E-state index in [2.05, 4.69) is 33.0 Å². The molecule has 0 aromatic heterocycles. The summed E-state index contributed by atoms with van der Waals surface area (Å²) in [6, 6.07) is 0.739. The molecule has 1 aliphatic carbocycles. The molecule has 1 saturated carbocycles. The van der Waals surface area contributed by atoms with Crippen LogP contribution in [0.1, 0.15) is 59.8 Å². The highest BCUT2D eigenvalue weighted by Crippen LogP contribution is 2.34. The van der Waals surface area contributed by atoms with E-state index in [4.69, 9.17) is 4.74 Å². The predicted octanol–water partition coefficient (Wildman–Crippen LogP) is 3.36. The summed E-state index contributed by atoms with van der Waals surface area (Å²) < 4.78 is 5.53. The molecule has 0 aromatic rings. The fourth-order valence-corrected chi connectivity index (χ4v) is 2.57. The molecule has 2 heteroatoms. The second-order valence-electron chi connectivity index (χ2n) is 6.18. The molecule has 0 aromatic carbocycles. The van der Waals surface area contributed by atoms with Crippen LogP contribution in [0, 0.1) is 5.41 Å². The maximum absolute atomic E-state index is 5.53. The van der Waals surface area contributed by atoms with Crippen LogP contribution < -0.4 is 5.32 Å². The second kappa shape index (κ2) is 6.61. The molecule has 1 N–H and O–H groups in total. The maximum atomic E-state index is 5.53. The first-order valence-corrected chi connectivity index (χ1v) is 6.84. The highest BCUT2D eigenvalue weighted by atomic mass is 16.5. The van der Waals surface area contributed by atoms with E-state index < -0.39 is 0 Å². The van der Waals surface area contributed by atoms with Gasteiger partial charge in [0.1, 0.15) is 0 Å². The average molecular weight is 227 g/mol. The molecule has 1 atom stereocenters. The Kier molecular flexibility index (Phi) is 5.77. The minimum absolute atomic E-state index is 0.369. The van der Waals surface area contributed by atoms with Crippen LogP contribution in [0.5, 0.6) is 0 Å². The Morgan fingerprint density at radius 2 is 2.12 bits per heavy atom. The van der Waals surface area contributed by atoms with Crippen molar-refractivity contribution in [2.45, 2.75) is 71.9 Å². The molecule has 16 heavy (non-hydrogen) atoms. The van der Waals surface area contributed by atoms with Crippen molar-refractivity contribution >= 4 is 0 Å². The van der Waals surface area contributed by atoms with Crippen LogP contribution in [0.15, 0.2) is 0 Å². The van der Waals surface area contributed by atoms with Gasteiger partial charge in [-0.1, -0.05) is 20.3 Å². The summed E-state index contributed by atoms with van der Waals surface area (Å²) in [6.07, 6.45) is 6.96. The topological polar surface area (TPSA) is 21.3 Å². The van der Waals surface area contributed by atoms with E-state index in [9.17, 15) is 0 Å². The average Bonchev–Trinajstić information content (AvgIpc) is 2.15. The third-order valence-electron chi connectivity index (χ3n) is 3.41. The summed E-state index contributed by atoms with van der Waals surface area (Å²) in [5.41, 5.74) is 0.546. The van der Waals surface area contributed by atoms with Gasteiger partial charge in [-0.05, 0) is 51.5 Å². The van der Waals surface area contributed by atoms with Crippen molar-refractivity contribution in [3.8, 4) is 0 Å². The predicted molar refractivity (Wildman–Crippen MR) is 69.7 cm³/mol. The molecular weight excluding hydrogens is 198 g/mol. The van der Waals surface area contributed by atoms with Gasteiger partial charge in [0, 0.05) is 12.6 Å². The quantitative estimate of drug-likeness (QED) is 0.703. The van der Waals surface area contributed by atoms with E-state index in [0.29, 0.717) is 11.5 Å². The number of hydrogen-bond acceptors (Lipinski definition) is 2. The normalized spacial score (nSPS) is 24.9. The molecule has 1 unspecified atom stereocenters. The largest absolute Gasteiger partial charge is 0.379 e. The van der Waals surface area contributed by atoms with E-state index >= 15 is 0 Å². The zero-order valence-electron chi connectivity index (χ0n) is 11.5. The Hall–Kier alpha value is -0.0800. The standard InChI is InChI=1S/C14H29NO/c1-12(2)16-10-6-9-15-13-7-5-8-14(3,4)11-13/h12-13,15H,5-11H2,1-4H3. The van der Waals surface area contributed by atoms with Crippen LogP contribution in [0.3, 0.4) is 0 Å². The molecule has 0 heterocycles. The summed E-state index contributed by atoms with van der Waals surface area (Å²) >= 11 is 0. The molecule has 1 fully saturated rings. The van der Waals surface area contributed by atoms with Gasteiger partial charge in [-0.2, -0.15) is 0 Å². The van der Waals surface area contributed by atoms with Crippen LogP contribution in [0.4, 0.5) is 0 Å². The summed E-state index contributed by atoms with van der Waals surface area (Å²) in [5.74, 6) is 0. The lowest BCUT2D eigenvalue weighted by atomic mass is 9.75. The summed E-state index contributed by atoms with van der Waals surface area (Å²) in [7, 11) is 0. The molecule has 0 saturated heterocycles. The molecule has 0 amide bonds. The van der Waals surface area contributed by atoms with Crippen molar-refractivity contribution in [3.63, 3.8) is 0 Å². The first-order chi connectivity index (χ1) is 7.49. The van der Waals surface area contributed by atoms with E-state index in [0.717, 1.165) is 25.6 Å². The Labute approximate surface area is 101 Å². The van der Waals surface area contributed by atoms with Gasteiger partial charge in [-0.3, -0.25) is 0 Å². The lowest BCUT2D eigenvalue weighted by Crippen LogP contribution is -2.38. The fourth-order valence-electron chi connectivity index (χ4n) is 2.57. The van der Waals surface area contributed by atoms with Crippen molar-refractivity contribution in [1.82, 2.24) is 5.32 Å². The van der Waals surface area contributed by atoms with E-state index in [-0.39, 0.29) is 0 Å². The SMILES string of the molecule is CC(C)OCCCNC1CCCC(C)(C)C1. The number of nitrogens with one attached hydrogen (secondary N) is 1. The Balaban J connectivity index is 2.04. The first kappa shape index (κ1) is 14.0. The van der Waals surface area contributed by atoms with Crippen molar-refractivity contribution in [1.29, 1.82) is 0 Å².